The average molecular weight is 479 g/mol. The summed E-state index contributed by atoms with van der Waals surface area (Å²) in [7, 11) is 4.04. The molecule has 0 amide bonds. The van der Waals surface area contributed by atoms with Crippen LogP contribution in [0.1, 0.15) is 42.7 Å². The smallest absolute Gasteiger partial charge is 0.315 e. The summed E-state index contributed by atoms with van der Waals surface area (Å²) in [6, 6.07) is 12.4. The summed E-state index contributed by atoms with van der Waals surface area (Å²) in [5.74, 6) is -2.40. The Labute approximate surface area is 202 Å². The van der Waals surface area contributed by atoms with Gasteiger partial charge in [-0.2, -0.15) is 0 Å². The average Bonchev–Trinajstić information content (AvgIpc) is 2.86. The van der Waals surface area contributed by atoms with Crippen molar-refractivity contribution in [2.45, 2.75) is 31.6 Å². The molecule has 2 aromatic rings. The summed E-state index contributed by atoms with van der Waals surface area (Å²) in [4.78, 5) is 42.7. The van der Waals surface area contributed by atoms with E-state index in [1.807, 2.05) is 30.3 Å². The van der Waals surface area contributed by atoms with Crippen LogP contribution in [0.15, 0.2) is 58.7 Å². The number of Topliss-reactive ketones (excluding diaryl/α,β-unsaturated/α-hetero) is 1. The monoisotopic (exact) mass is 478 g/mol. The third-order valence-electron chi connectivity index (χ3n) is 6.68. The SMILES string of the molecule is COC(=O)C1C(C)=NC2=C(C(=O)C[C@@H](c3ccccc3)C2)[C@H]1c1cc(OC)c(OC)cc1[N+](=O)[O-]. The maximum absolute atomic E-state index is 13.6. The Morgan fingerprint density at radius 3 is 2.31 bits per heavy atom. The molecule has 0 saturated carbocycles. The molecule has 0 fully saturated rings. The first-order valence-electron chi connectivity index (χ1n) is 11.1. The van der Waals surface area contributed by atoms with E-state index in [-0.39, 0.29) is 40.9 Å². The number of esters is 1. The fourth-order valence-electron chi connectivity index (χ4n) is 5.08. The van der Waals surface area contributed by atoms with E-state index in [1.54, 1.807) is 6.92 Å². The van der Waals surface area contributed by atoms with Crippen molar-refractivity contribution in [2.75, 3.05) is 21.3 Å². The Morgan fingerprint density at radius 1 is 1.06 bits per heavy atom. The number of carbonyl (C=O) groups excluding carboxylic acids is 2. The first kappa shape index (κ1) is 24.1. The van der Waals surface area contributed by atoms with Gasteiger partial charge < -0.3 is 14.2 Å². The zero-order valence-electron chi connectivity index (χ0n) is 19.9. The lowest BCUT2D eigenvalue weighted by molar-refractivity contribution is -0.385. The van der Waals surface area contributed by atoms with Crippen molar-refractivity contribution >= 4 is 23.2 Å². The fourth-order valence-corrected chi connectivity index (χ4v) is 5.08. The van der Waals surface area contributed by atoms with Gasteiger partial charge in [-0.05, 0) is 30.9 Å². The van der Waals surface area contributed by atoms with E-state index in [4.69, 9.17) is 14.2 Å². The summed E-state index contributed by atoms with van der Waals surface area (Å²) in [5, 5.41) is 12.1. The molecule has 1 unspecified atom stereocenters. The van der Waals surface area contributed by atoms with Crippen LogP contribution in [0.4, 0.5) is 5.69 Å². The van der Waals surface area contributed by atoms with E-state index in [2.05, 4.69) is 4.99 Å². The van der Waals surface area contributed by atoms with Gasteiger partial charge in [0.05, 0.1) is 32.3 Å². The van der Waals surface area contributed by atoms with Crippen LogP contribution in [0.3, 0.4) is 0 Å². The zero-order valence-corrected chi connectivity index (χ0v) is 19.9. The summed E-state index contributed by atoms with van der Waals surface area (Å²) in [6.07, 6.45) is 0.691. The van der Waals surface area contributed by atoms with Crippen LogP contribution in [-0.4, -0.2) is 43.7 Å². The number of ether oxygens (including phenoxy) is 3. The predicted molar refractivity (Wildman–Crippen MR) is 128 cm³/mol. The summed E-state index contributed by atoms with van der Waals surface area (Å²) < 4.78 is 15.7. The van der Waals surface area contributed by atoms with Crippen LogP contribution >= 0.6 is 0 Å². The van der Waals surface area contributed by atoms with Crippen LogP contribution in [0.2, 0.25) is 0 Å². The number of benzene rings is 2. The van der Waals surface area contributed by atoms with Crippen LogP contribution in [0.25, 0.3) is 0 Å². The highest BCUT2D eigenvalue weighted by molar-refractivity contribution is 6.09. The normalized spacial score (nSPS) is 21.7. The second-order valence-corrected chi connectivity index (χ2v) is 8.55. The second-order valence-electron chi connectivity index (χ2n) is 8.55. The minimum atomic E-state index is -0.993. The molecule has 0 N–H and O–H groups in total. The van der Waals surface area contributed by atoms with Crippen molar-refractivity contribution in [3.63, 3.8) is 0 Å². The highest BCUT2D eigenvalue weighted by Gasteiger charge is 2.47. The Hall–Kier alpha value is -4.01. The van der Waals surface area contributed by atoms with E-state index in [9.17, 15) is 19.7 Å². The molecule has 0 saturated heterocycles. The molecule has 3 atom stereocenters. The molecule has 35 heavy (non-hydrogen) atoms. The third kappa shape index (κ3) is 4.29. The molecule has 1 aliphatic heterocycles. The van der Waals surface area contributed by atoms with E-state index in [0.717, 1.165) is 5.56 Å². The van der Waals surface area contributed by atoms with Crippen LogP contribution < -0.4 is 9.47 Å². The van der Waals surface area contributed by atoms with Crippen LogP contribution in [0, 0.1) is 16.0 Å². The van der Waals surface area contributed by atoms with Gasteiger partial charge in [0.1, 0.15) is 5.92 Å². The second kappa shape index (κ2) is 9.69. The molecule has 9 nitrogen and oxygen atoms in total. The standard InChI is InChI=1S/C26H26N2O7/c1-14-23(26(30)35-4)24(17-12-21(33-2)22(34-3)13-19(17)28(31)32)25-18(27-14)10-16(11-20(25)29)15-8-6-5-7-9-15/h5-9,12-13,16,23-24H,10-11H2,1-4H3/t16-,23?,24-/m0/s1. The topological polar surface area (TPSA) is 117 Å². The Morgan fingerprint density at radius 2 is 1.71 bits per heavy atom. The highest BCUT2D eigenvalue weighted by Crippen LogP contribution is 2.50. The van der Waals surface area contributed by atoms with Gasteiger partial charge in [-0.1, -0.05) is 30.3 Å². The molecule has 0 bridgehead atoms. The fraction of sp³-hybridized carbons (Fsp3) is 0.346. The number of rotatable bonds is 6. The lowest BCUT2D eigenvalue weighted by atomic mass is 9.69. The first-order chi connectivity index (χ1) is 16.8. The molecule has 0 aromatic heterocycles. The minimum absolute atomic E-state index is 0.0743. The van der Waals surface area contributed by atoms with Crippen molar-refractivity contribution in [1.29, 1.82) is 0 Å². The summed E-state index contributed by atoms with van der Waals surface area (Å²) in [6.45, 7) is 1.68. The molecule has 1 aliphatic carbocycles. The largest absolute Gasteiger partial charge is 0.493 e. The molecular weight excluding hydrogens is 452 g/mol. The number of methoxy groups -OCH3 is 3. The van der Waals surface area contributed by atoms with Gasteiger partial charge in [0.25, 0.3) is 5.69 Å². The molecule has 1 heterocycles. The van der Waals surface area contributed by atoms with Crippen molar-refractivity contribution in [3.05, 3.63) is 75.0 Å². The van der Waals surface area contributed by atoms with Crippen LogP contribution in [-0.2, 0) is 14.3 Å². The number of carbonyl (C=O) groups is 2. The molecular formula is C26H26N2O7. The van der Waals surface area contributed by atoms with Crippen molar-refractivity contribution in [2.24, 2.45) is 10.9 Å². The van der Waals surface area contributed by atoms with Gasteiger partial charge >= 0.3 is 5.97 Å². The summed E-state index contributed by atoms with van der Waals surface area (Å²) in [5.41, 5.74) is 2.21. The van der Waals surface area contributed by atoms with E-state index < -0.39 is 22.7 Å². The number of hydrogen-bond donors (Lipinski definition) is 0. The lowest BCUT2D eigenvalue weighted by Gasteiger charge is -2.36. The number of ketones is 1. The first-order valence-corrected chi connectivity index (χ1v) is 11.1. The Balaban J connectivity index is 1.94. The van der Waals surface area contributed by atoms with Gasteiger partial charge in [0, 0.05) is 34.9 Å². The lowest BCUT2D eigenvalue weighted by Crippen LogP contribution is -2.38. The molecule has 4 rings (SSSR count). The number of allylic oxidation sites excluding steroid dienone is 2. The molecule has 0 radical (unpaired) electrons. The van der Waals surface area contributed by atoms with Crippen molar-refractivity contribution in [1.82, 2.24) is 0 Å². The van der Waals surface area contributed by atoms with Gasteiger partial charge in [-0.3, -0.25) is 24.7 Å². The number of nitro benzene ring substituents is 1. The van der Waals surface area contributed by atoms with E-state index in [0.29, 0.717) is 23.4 Å². The zero-order chi connectivity index (χ0) is 25.3. The molecule has 0 spiro atoms. The predicted octanol–water partition coefficient (Wildman–Crippen LogP) is 4.36. The Kier molecular flexibility index (Phi) is 6.68. The molecule has 2 aromatic carbocycles. The van der Waals surface area contributed by atoms with Gasteiger partial charge in [0.2, 0.25) is 0 Å². The molecule has 9 heteroatoms. The number of nitrogens with zero attached hydrogens (tertiary/aromatic N) is 2. The van der Waals surface area contributed by atoms with Crippen molar-refractivity contribution < 1.29 is 28.7 Å². The Bertz CT molecular complexity index is 1250. The van der Waals surface area contributed by atoms with Gasteiger partial charge in [-0.15, -0.1) is 0 Å². The number of hydrogen-bond acceptors (Lipinski definition) is 8. The highest BCUT2D eigenvalue weighted by atomic mass is 16.6. The number of nitro groups is 1. The van der Waals surface area contributed by atoms with E-state index in [1.165, 1.54) is 33.5 Å². The molecule has 2 aliphatic rings. The van der Waals surface area contributed by atoms with Crippen molar-refractivity contribution in [3.8, 4) is 11.5 Å². The van der Waals surface area contributed by atoms with Crippen LogP contribution in [0.5, 0.6) is 11.5 Å². The van der Waals surface area contributed by atoms with Gasteiger partial charge in [-0.25, -0.2) is 0 Å². The quantitative estimate of drug-likeness (QED) is 0.344. The van der Waals surface area contributed by atoms with E-state index >= 15 is 0 Å². The minimum Gasteiger partial charge on any atom is -0.493 e. The summed E-state index contributed by atoms with van der Waals surface area (Å²) >= 11 is 0. The van der Waals surface area contributed by atoms with Gasteiger partial charge in [0.15, 0.2) is 17.3 Å². The number of aliphatic imine (C=N–C) groups is 1. The maximum Gasteiger partial charge on any atom is 0.315 e. The maximum atomic E-state index is 13.6. The third-order valence-corrected chi connectivity index (χ3v) is 6.68. The molecule has 182 valence electrons.